The number of fused-ring (bicyclic) bond motifs is 2. The number of hydrogen-bond acceptors (Lipinski definition) is 15. The Bertz CT molecular complexity index is 1690. The third-order valence-electron chi connectivity index (χ3n) is 5.78. The van der Waals surface area contributed by atoms with Crippen molar-refractivity contribution in [2.24, 2.45) is 5.16 Å². The van der Waals surface area contributed by atoms with Crippen LogP contribution >= 0.6 is 46.4 Å². The van der Waals surface area contributed by atoms with Gasteiger partial charge in [-0.1, -0.05) is 5.16 Å². The molecule has 1 fully saturated rings. The molecule has 0 aliphatic carbocycles. The fourth-order valence-electron chi connectivity index (χ4n) is 4.00. The average Bonchev–Trinajstić information content (AvgIpc) is 3.35. The van der Waals surface area contributed by atoms with Crippen molar-refractivity contribution in [3.05, 3.63) is 45.5 Å². The number of nitrogens with zero attached hydrogens (tertiary/aromatic N) is 4. The lowest BCUT2D eigenvalue weighted by molar-refractivity contribution is -0.150. The number of amides is 2. The number of benzene rings is 1. The zero-order valence-corrected chi connectivity index (χ0v) is 23.4. The molecule has 2 aromatic heterocycles. The Labute approximate surface area is 240 Å². The van der Waals surface area contributed by atoms with Crippen molar-refractivity contribution >= 4 is 85.1 Å². The van der Waals surface area contributed by atoms with Gasteiger partial charge in [-0.05, 0) is 11.6 Å². The summed E-state index contributed by atoms with van der Waals surface area (Å²) in [4.78, 5) is 60.3. The molecule has 4 heterocycles. The first-order valence-electron chi connectivity index (χ1n) is 11.1. The second kappa shape index (κ2) is 11.0. The van der Waals surface area contributed by atoms with E-state index in [4.69, 9.17) is 10.6 Å². The Balaban J connectivity index is 1.33. The van der Waals surface area contributed by atoms with Crippen LogP contribution in [0, 0.1) is 0 Å². The van der Waals surface area contributed by atoms with Crippen LogP contribution in [0.3, 0.4) is 0 Å². The summed E-state index contributed by atoms with van der Waals surface area (Å²) >= 11 is 4.55. The summed E-state index contributed by atoms with van der Waals surface area (Å²) in [6.07, 6.45) is 0. The minimum atomic E-state index is -1.30. The van der Waals surface area contributed by atoms with Gasteiger partial charge in [-0.15, -0.1) is 34.9 Å². The highest BCUT2D eigenvalue weighted by Gasteiger charge is 2.54. The number of carboxylic acid groups (broad SMARTS) is 1. The van der Waals surface area contributed by atoms with Crippen LogP contribution in [0.15, 0.2) is 43.6 Å². The van der Waals surface area contributed by atoms with Gasteiger partial charge in [0.15, 0.2) is 22.1 Å². The minimum Gasteiger partial charge on any atom is -0.504 e. The van der Waals surface area contributed by atoms with Gasteiger partial charge in [0.05, 0.1) is 4.21 Å². The molecule has 14 nitrogen and oxygen atoms in total. The van der Waals surface area contributed by atoms with Gasteiger partial charge >= 0.3 is 5.97 Å². The third kappa shape index (κ3) is 5.05. The number of aromatic hydroxyl groups is 2. The zero-order valence-electron chi connectivity index (χ0n) is 20.2. The lowest BCUT2D eigenvalue weighted by Crippen LogP contribution is -2.71. The molecule has 0 saturated carbocycles. The molecule has 0 bridgehead atoms. The molecule has 0 unspecified atom stereocenters. The van der Waals surface area contributed by atoms with Gasteiger partial charge in [0, 0.05) is 45.3 Å². The van der Waals surface area contributed by atoms with Gasteiger partial charge < -0.3 is 31.2 Å². The summed E-state index contributed by atoms with van der Waals surface area (Å²) in [6, 6.07) is 2.84. The predicted octanol–water partition coefficient (Wildman–Crippen LogP) is 0.988. The number of phenolic OH excluding ortho intramolecular Hbond substituents is 2. The monoisotopic (exact) mass is 622 g/mol. The largest absolute Gasteiger partial charge is 0.504 e. The summed E-state index contributed by atoms with van der Waals surface area (Å²) in [5.74, 6) is -3.09. The number of thioether (sulfide) groups is 2. The van der Waals surface area contributed by atoms with Gasteiger partial charge in [0.2, 0.25) is 11.5 Å². The number of carboxylic acids is 1. The van der Waals surface area contributed by atoms with Gasteiger partial charge in [0.25, 0.3) is 11.8 Å². The van der Waals surface area contributed by atoms with E-state index in [9.17, 15) is 34.5 Å². The molecule has 18 heteroatoms. The number of carbonyl (C=O) groups is 3. The number of β-lactam (4-membered cyclic amide) rings is 1. The molecule has 0 radical (unpaired) electrons. The molecule has 2 amide bonds. The van der Waals surface area contributed by atoms with E-state index in [0.29, 0.717) is 14.5 Å². The number of rotatable bonds is 8. The fourth-order valence-corrected chi connectivity index (χ4v) is 8.16. The second-order valence-electron chi connectivity index (χ2n) is 8.25. The Morgan fingerprint density at radius 1 is 1.27 bits per heavy atom. The Morgan fingerprint density at radius 3 is 2.70 bits per heavy atom. The van der Waals surface area contributed by atoms with Crippen molar-refractivity contribution in [1.82, 2.24) is 19.6 Å². The van der Waals surface area contributed by atoms with Gasteiger partial charge in [-0.25, -0.2) is 4.79 Å². The minimum absolute atomic E-state index is 0.0739. The van der Waals surface area contributed by atoms with Crippen molar-refractivity contribution < 1.29 is 34.5 Å². The number of nitrogens with one attached hydrogen (secondary N) is 1. The lowest BCUT2D eigenvalue weighted by Gasteiger charge is -2.49. The normalized spacial score (nSPS) is 18.9. The highest BCUT2D eigenvalue weighted by Crippen LogP contribution is 2.42. The first-order valence-corrected chi connectivity index (χ1v) is 14.8. The summed E-state index contributed by atoms with van der Waals surface area (Å²) in [7, 11) is 1.23. The van der Waals surface area contributed by atoms with Crippen molar-refractivity contribution in [2.45, 2.75) is 15.6 Å². The molecular weight excluding hydrogens is 605 g/mol. The summed E-state index contributed by atoms with van der Waals surface area (Å²) < 4.78 is 4.95. The second-order valence-corrected chi connectivity index (χ2v) is 12.5. The first kappa shape index (κ1) is 27.7. The van der Waals surface area contributed by atoms with Crippen LogP contribution in [0.1, 0.15) is 5.82 Å². The number of nitrogens with two attached hydrogens (primary N) is 1. The standard InChI is InChI=1S/C22H18N6O8S4/c1-36-26-14(17-25-22(23)40-27-17)18(32)24-15-19(33)28-16(21(34)35)7(6-38-20(15)28)5-37-13-4-9(29)8-2-10(30)11(31)3-12(8)39-13/h2-4,15,20,30-31H,5-6H2,1H3,(H,24,32)(H,34,35)(H2,23,25,27)/b26-14-/t15-,20-/m1/s1. The molecule has 3 aromatic rings. The van der Waals surface area contributed by atoms with Crippen LogP contribution in [0.25, 0.3) is 10.1 Å². The molecular formula is C22H18N6O8S4. The van der Waals surface area contributed by atoms with Crippen LogP contribution in [0.5, 0.6) is 11.5 Å². The van der Waals surface area contributed by atoms with E-state index in [2.05, 4.69) is 19.8 Å². The number of nitrogen functional groups attached to an aromatic ring is 1. The summed E-state index contributed by atoms with van der Waals surface area (Å²) in [5, 5.41) is 35.3. The van der Waals surface area contributed by atoms with Crippen LogP contribution in [-0.2, 0) is 19.2 Å². The molecule has 1 saturated heterocycles. The number of aromatic nitrogens is 2. The molecule has 0 spiro atoms. The van der Waals surface area contributed by atoms with E-state index < -0.39 is 34.9 Å². The van der Waals surface area contributed by atoms with Crippen molar-refractivity contribution in [2.75, 3.05) is 24.3 Å². The van der Waals surface area contributed by atoms with Crippen molar-refractivity contribution in [1.29, 1.82) is 0 Å². The maximum absolute atomic E-state index is 13.0. The smallest absolute Gasteiger partial charge is 0.352 e. The van der Waals surface area contributed by atoms with E-state index >= 15 is 0 Å². The molecule has 40 heavy (non-hydrogen) atoms. The van der Waals surface area contributed by atoms with E-state index in [-0.39, 0.29) is 50.4 Å². The topological polar surface area (TPSA) is 218 Å². The Morgan fingerprint density at radius 2 is 2.02 bits per heavy atom. The molecule has 2 atom stereocenters. The van der Waals surface area contributed by atoms with Crippen LogP contribution in [0.2, 0.25) is 0 Å². The Kier molecular flexibility index (Phi) is 7.58. The number of phenols is 2. The van der Waals surface area contributed by atoms with Crippen LogP contribution in [0.4, 0.5) is 5.13 Å². The molecule has 5 rings (SSSR count). The molecule has 208 valence electrons. The van der Waals surface area contributed by atoms with Crippen LogP contribution in [-0.4, -0.2) is 83.1 Å². The third-order valence-corrected chi connectivity index (χ3v) is 10.0. The predicted molar refractivity (Wildman–Crippen MR) is 150 cm³/mol. The van der Waals surface area contributed by atoms with Gasteiger partial charge in [-0.3, -0.25) is 19.3 Å². The lowest BCUT2D eigenvalue weighted by atomic mass is 10.0. The number of hydrogen-bond donors (Lipinski definition) is 5. The average molecular weight is 623 g/mol. The first-order chi connectivity index (χ1) is 19.1. The highest BCUT2D eigenvalue weighted by atomic mass is 32.2. The summed E-state index contributed by atoms with van der Waals surface area (Å²) in [5.41, 5.74) is 5.22. The SMILES string of the molecule is CO/N=C(\C(=O)N[C@@H]1C(=O)N2C(C(=O)O)=C(CSc3cc(=O)c4cc(O)c(O)cc4s3)CS[C@H]12)c1nsc(N)n1. The number of anilines is 1. The number of oxime groups is 1. The van der Waals surface area contributed by atoms with Crippen LogP contribution < -0.4 is 16.5 Å². The van der Waals surface area contributed by atoms with E-state index in [1.165, 1.54) is 60.2 Å². The number of carbonyl (C=O) groups excluding carboxylic acids is 2. The van der Waals surface area contributed by atoms with Crippen molar-refractivity contribution in [3.63, 3.8) is 0 Å². The van der Waals surface area contributed by atoms with E-state index in [0.717, 1.165) is 16.4 Å². The highest BCUT2D eigenvalue weighted by molar-refractivity contribution is 8.02. The molecule has 2 aliphatic heterocycles. The van der Waals surface area contributed by atoms with Gasteiger partial charge in [-0.2, -0.15) is 9.36 Å². The zero-order chi connectivity index (χ0) is 28.7. The molecule has 2 aliphatic rings. The Hall–Kier alpha value is -3.87. The van der Waals surface area contributed by atoms with Crippen molar-refractivity contribution in [3.8, 4) is 11.5 Å². The fraction of sp³-hybridized carbons (Fsp3) is 0.227. The molecule has 1 aromatic carbocycles. The quantitative estimate of drug-likeness (QED) is 0.0779. The number of aliphatic carboxylic acids is 1. The maximum atomic E-state index is 13.0. The molecule has 6 N–H and O–H groups in total. The summed E-state index contributed by atoms with van der Waals surface area (Å²) in [6.45, 7) is 0. The van der Waals surface area contributed by atoms with E-state index in [1.807, 2.05) is 0 Å². The van der Waals surface area contributed by atoms with E-state index in [1.54, 1.807) is 0 Å². The maximum Gasteiger partial charge on any atom is 0.352 e. The van der Waals surface area contributed by atoms with Gasteiger partial charge in [0.1, 0.15) is 24.2 Å².